The number of benzene rings is 2. The maximum absolute atomic E-state index is 12.7. The molecule has 0 bridgehead atoms. The van der Waals surface area contributed by atoms with Crippen LogP contribution in [0.4, 0.5) is 5.69 Å². The molecule has 0 N–H and O–H groups in total. The van der Waals surface area contributed by atoms with Gasteiger partial charge in [0.1, 0.15) is 0 Å². The Hall–Kier alpha value is -2.44. The van der Waals surface area contributed by atoms with Crippen LogP contribution in [0.2, 0.25) is 0 Å². The van der Waals surface area contributed by atoms with E-state index < -0.39 is 5.97 Å². The Morgan fingerprint density at radius 3 is 2.36 bits per heavy atom. The Balaban J connectivity index is 1.85. The summed E-state index contributed by atoms with van der Waals surface area (Å²) in [4.78, 5) is 26.3. The third-order valence-corrected chi connectivity index (χ3v) is 5.02. The fraction of sp³-hybridized carbons (Fsp3) is 0.105. The minimum atomic E-state index is -0.391. The van der Waals surface area contributed by atoms with Crippen molar-refractivity contribution in [2.24, 2.45) is 0 Å². The Morgan fingerprint density at radius 1 is 1.12 bits per heavy atom. The fourth-order valence-electron chi connectivity index (χ4n) is 2.37. The van der Waals surface area contributed by atoms with Crippen molar-refractivity contribution < 1.29 is 14.3 Å². The number of thioether (sulfide) groups is 1. The van der Waals surface area contributed by atoms with E-state index in [1.165, 1.54) is 23.8 Å². The van der Waals surface area contributed by atoms with E-state index in [4.69, 9.17) is 12.2 Å². The molecule has 6 heteroatoms. The third kappa shape index (κ3) is 3.65. The van der Waals surface area contributed by atoms with Crippen LogP contribution in [0, 0.1) is 6.92 Å². The summed E-state index contributed by atoms with van der Waals surface area (Å²) in [6.45, 7) is 1.99. The summed E-state index contributed by atoms with van der Waals surface area (Å²) >= 11 is 6.63. The van der Waals surface area contributed by atoms with E-state index in [2.05, 4.69) is 4.74 Å². The van der Waals surface area contributed by atoms with Gasteiger partial charge in [-0.25, -0.2) is 4.79 Å². The van der Waals surface area contributed by atoms with Crippen molar-refractivity contribution in [2.75, 3.05) is 12.0 Å². The van der Waals surface area contributed by atoms with Crippen molar-refractivity contribution in [3.63, 3.8) is 0 Å². The first-order valence-electron chi connectivity index (χ1n) is 7.52. The van der Waals surface area contributed by atoms with Crippen molar-refractivity contribution in [2.45, 2.75) is 6.92 Å². The zero-order chi connectivity index (χ0) is 18.0. The number of rotatable bonds is 3. The average molecular weight is 369 g/mol. The van der Waals surface area contributed by atoms with Gasteiger partial charge in [-0.05, 0) is 42.8 Å². The number of thiocarbonyl (C=S) groups is 1. The standard InChI is InChI=1S/C19H15NO3S2/c1-12-3-9-15(10-4-12)20-17(21)16(25-19(20)24)11-13-5-7-14(8-6-13)18(22)23-2/h3-11H,1-2H3/b16-11-. The summed E-state index contributed by atoms with van der Waals surface area (Å²) in [6.07, 6.45) is 1.77. The maximum atomic E-state index is 12.7. The fourth-order valence-corrected chi connectivity index (χ4v) is 3.67. The van der Waals surface area contributed by atoms with Crippen LogP contribution in [0.3, 0.4) is 0 Å². The molecule has 2 aromatic rings. The largest absolute Gasteiger partial charge is 0.465 e. The van der Waals surface area contributed by atoms with Crippen LogP contribution in [0.1, 0.15) is 21.5 Å². The number of esters is 1. The predicted octanol–water partition coefficient (Wildman–Crippen LogP) is 4.19. The molecule has 0 unspecified atom stereocenters. The summed E-state index contributed by atoms with van der Waals surface area (Å²) in [5.41, 5.74) is 3.16. The molecule has 0 atom stereocenters. The molecule has 1 amide bonds. The summed E-state index contributed by atoms with van der Waals surface area (Å²) < 4.78 is 5.18. The SMILES string of the molecule is COC(=O)c1ccc(/C=C2\SC(=S)N(c3ccc(C)cc3)C2=O)cc1. The molecule has 25 heavy (non-hydrogen) atoms. The van der Waals surface area contributed by atoms with Crippen LogP contribution in [0.25, 0.3) is 6.08 Å². The van der Waals surface area contributed by atoms with E-state index in [-0.39, 0.29) is 5.91 Å². The summed E-state index contributed by atoms with van der Waals surface area (Å²) in [5.74, 6) is -0.534. The number of methoxy groups -OCH3 is 1. The van der Waals surface area contributed by atoms with E-state index in [0.29, 0.717) is 14.8 Å². The number of amides is 1. The Bertz CT molecular complexity index is 871. The van der Waals surface area contributed by atoms with Gasteiger partial charge in [-0.15, -0.1) is 0 Å². The van der Waals surface area contributed by atoms with Crippen molar-refractivity contribution >= 4 is 51.9 Å². The number of aryl methyl sites for hydroxylation is 1. The normalized spacial score (nSPS) is 15.8. The monoisotopic (exact) mass is 369 g/mol. The quantitative estimate of drug-likeness (QED) is 0.461. The first-order valence-corrected chi connectivity index (χ1v) is 8.75. The number of hydrogen-bond acceptors (Lipinski definition) is 5. The van der Waals surface area contributed by atoms with Gasteiger partial charge in [0.2, 0.25) is 0 Å². The molecule has 126 valence electrons. The first kappa shape index (κ1) is 17.4. The smallest absolute Gasteiger partial charge is 0.337 e. The zero-order valence-corrected chi connectivity index (χ0v) is 15.3. The molecule has 0 radical (unpaired) electrons. The second-order valence-electron chi connectivity index (χ2n) is 5.47. The summed E-state index contributed by atoms with van der Waals surface area (Å²) in [6, 6.07) is 14.5. The molecule has 0 saturated carbocycles. The number of carbonyl (C=O) groups is 2. The van der Waals surface area contributed by atoms with Crippen LogP contribution >= 0.6 is 24.0 Å². The average Bonchev–Trinajstić information content (AvgIpc) is 2.89. The van der Waals surface area contributed by atoms with Crippen LogP contribution in [-0.2, 0) is 9.53 Å². The van der Waals surface area contributed by atoms with E-state index >= 15 is 0 Å². The van der Waals surface area contributed by atoms with Crippen LogP contribution in [0.15, 0.2) is 53.4 Å². The van der Waals surface area contributed by atoms with Crippen molar-refractivity contribution in [1.29, 1.82) is 0 Å². The highest BCUT2D eigenvalue weighted by Gasteiger charge is 2.33. The van der Waals surface area contributed by atoms with E-state index in [1.54, 1.807) is 30.3 Å². The summed E-state index contributed by atoms with van der Waals surface area (Å²) in [5, 5.41) is 0. The molecule has 1 aliphatic rings. The van der Waals surface area contributed by atoms with Crippen LogP contribution in [0.5, 0.6) is 0 Å². The highest BCUT2D eigenvalue weighted by molar-refractivity contribution is 8.27. The number of hydrogen-bond donors (Lipinski definition) is 0. The van der Waals surface area contributed by atoms with Gasteiger partial charge in [-0.1, -0.05) is 53.8 Å². The highest BCUT2D eigenvalue weighted by atomic mass is 32.2. The number of carbonyl (C=O) groups excluding carboxylic acids is 2. The molecular formula is C19H15NO3S2. The summed E-state index contributed by atoms with van der Waals surface area (Å²) in [7, 11) is 1.34. The number of ether oxygens (including phenoxy) is 1. The van der Waals surface area contributed by atoms with Gasteiger partial charge in [0, 0.05) is 0 Å². The van der Waals surface area contributed by atoms with Crippen LogP contribution in [-0.4, -0.2) is 23.3 Å². The zero-order valence-electron chi connectivity index (χ0n) is 13.7. The molecule has 3 rings (SSSR count). The number of nitrogens with zero attached hydrogens (tertiary/aromatic N) is 1. The number of anilines is 1. The maximum Gasteiger partial charge on any atom is 0.337 e. The molecule has 0 aromatic heterocycles. The molecule has 0 aliphatic carbocycles. The molecule has 1 aliphatic heterocycles. The molecule has 1 heterocycles. The van der Waals surface area contributed by atoms with Gasteiger partial charge in [-0.3, -0.25) is 9.69 Å². The lowest BCUT2D eigenvalue weighted by molar-refractivity contribution is -0.113. The molecule has 4 nitrogen and oxygen atoms in total. The minimum Gasteiger partial charge on any atom is -0.465 e. The van der Waals surface area contributed by atoms with E-state index in [1.807, 2.05) is 31.2 Å². The second-order valence-corrected chi connectivity index (χ2v) is 7.14. The van der Waals surface area contributed by atoms with Crippen molar-refractivity contribution in [1.82, 2.24) is 0 Å². The van der Waals surface area contributed by atoms with Gasteiger partial charge in [0.25, 0.3) is 5.91 Å². The van der Waals surface area contributed by atoms with E-state index in [9.17, 15) is 9.59 Å². The van der Waals surface area contributed by atoms with Crippen molar-refractivity contribution in [3.05, 3.63) is 70.1 Å². The van der Waals surface area contributed by atoms with Gasteiger partial charge in [-0.2, -0.15) is 0 Å². The second kappa shape index (κ2) is 7.21. The Kier molecular flexibility index (Phi) is 5.01. The molecule has 0 spiro atoms. The van der Waals surface area contributed by atoms with Gasteiger partial charge >= 0.3 is 5.97 Å². The van der Waals surface area contributed by atoms with Crippen LogP contribution < -0.4 is 4.90 Å². The molecule has 1 saturated heterocycles. The highest BCUT2D eigenvalue weighted by Crippen LogP contribution is 2.36. The van der Waals surface area contributed by atoms with Crippen molar-refractivity contribution in [3.8, 4) is 0 Å². The Labute approximate surface area is 155 Å². The topological polar surface area (TPSA) is 46.6 Å². The minimum absolute atomic E-state index is 0.143. The molecule has 1 fully saturated rings. The Morgan fingerprint density at radius 2 is 1.76 bits per heavy atom. The van der Waals surface area contributed by atoms with Gasteiger partial charge < -0.3 is 4.74 Å². The predicted molar refractivity (Wildman–Crippen MR) is 105 cm³/mol. The molecule has 2 aromatic carbocycles. The first-order chi connectivity index (χ1) is 12.0. The van der Waals surface area contributed by atoms with Gasteiger partial charge in [0.15, 0.2) is 4.32 Å². The lowest BCUT2D eigenvalue weighted by atomic mass is 10.1. The third-order valence-electron chi connectivity index (χ3n) is 3.72. The lowest BCUT2D eigenvalue weighted by Gasteiger charge is -2.14. The van der Waals surface area contributed by atoms with Gasteiger partial charge in [0.05, 0.1) is 23.3 Å². The molecular weight excluding hydrogens is 354 g/mol. The van der Waals surface area contributed by atoms with E-state index in [0.717, 1.165) is 16.8 Å². The lowest BCUT2D eigenvalue weighted by Crippen LogP contribution is -2.27.